The van der Waals surface area contributed by atoms with Gasteiger partial charge >= 0.3 is 0 Å². The van der Waals surface area contributed by atoms with Gasteiger partial charge in [0.2, 0.25) is 5.91 Å². The molecule has 0 aliphatic rings. The van der Waals surface area contributed by atoms with E-state index >= 15 is 0 Å². The van der Waals surface area contributed by atoms with Crippen LogP contribution < -0.4 is 0 Å². The van der Waals surface area contributed by atoms with E-state index in [1.807, 2.05) is 37.5 Å². The van der Waals surface area contributed by atoms with Crippen LogP contribution in [0.1, 0.15) is 22.4 Å². The van der Waals surface area contributed by atoms with E-state index in [2.05, 4.69) is 34.2 Å². The van der Waals surface area contributed by atoms with Gasteiger partial charge in [0.05, 0.1) is 18.4 Å². The number of rotatable bonds is 7. The molecule has 0 saturated carbocycles. The van der Waals surface area contributed by atoms with Crippen LogP contribution in [0.2, 0.25) is 5.02 Å². The minimum atomic E-state index is 0.0925. The van der Waals surface area contributed by atoms with Crippen molar-refractivity contribution in [3.63, 3.8) is 0 Å². The molecule has 0 aliphatic carbocycles. The fourth-order valence-corrected chi connectivity index (χ4v) is 2.91. The second kappa shape index (κ2) is 8.68. The Kier molecular flexibility index (Phi) is 6.08. The minimum absolute atomic E-state index is 0.0925. The van der Waals surface area contributed by atoms with Crippen molar-refractivity contribution in [2.45, 2.75) is 25.8 Å². The lowest BCUT2D eigenvalue weighted by Crippen LogP contribution is -2.27. The molecule has 0 spiro atoms. The van der Waals surface area contributed by atoms with Crippen molar-refractivity contribution in [1.82, 2.24) is 14.9 Å². The molecule has 26 heavy (non-hydrogen) atoms. The zero-order valence-electron chi connectivity index (χ0n) is 14.8. The van der Waals surface area contributed by atoms with Gasteiger partial charge in [-0.15, -0.1) is 0 Å². The molecule has 3 aromatic rings. The first kappa shape index (κ1) is 18.2. The average Bonchev–Trinajstić information content (AvgIpc) is 3.16. The standard InChI is InChI=1S/C21H22ClN3O/c1-25(21(26)12-17-6-9-19(22)10-7-17)14-18-4-2-16(3-5-18)8-11-20-13-23-15-24-20/h2-7,9-10,13,15H,8,11-12,14H2,1H3,(H,23,24). The molecule has 134 valence electrons. The molecule has 0 aliphatic heterocycles. The molecule has 1 aromatic heterocycles. The number of imidazole rings is 1. The number of benzene rings is 2. The van der Waals surface area contributed by atoms with Crippen LogP contribution >= 0.6 is 11.6 Å². The van der Waals surface area contributed by atoms with Crippen molar-refractivity contribution < 1.29 is 4.79 Å². The van der Waals surface area contributed by atoms with Gasteiger partial charge in [0, 0.05) is 24.8 Å². The van der Waals surface area contributed by atoms with Crippen LogP contribution in [0.5, 0.6) is 0 Å². The molecular weight excluding hydrogens is 346 g/mol. The lowest BCUT2D eigenvalue weighted by Gasteiger charge is -2.17. The van der Waals surface area contributed by atoms with Crippen molar-refractivity contribution in [3.8, 4) is 0 Å². The van der Waals surface area contributed by atoms with E-state index in [0.29, 0.717) is 18.0 Å². The minimum Gasteiger partial charge on any atom is -0.351 e. The number of nitrogens with one attached hydrogen (secondary N) is 1. The van der Waals surface area contributed by atoms with Gasteiger partial charge < -0.3 is 9.88 Å². The fraction of sp³-hybridized carbons (Fsp3) is 0.238. The average molecular weight is 368 g/mol. The topological polar surface area (TPSA) is 49.0 Å². The summed E-state index contributed by atoms with van der Waals surface area (Å²) in [5, 5.41) is 0.682. The molecule has 0 bridgehead atoms. The fourth-order valence-electron chi connectivity index (χ4n) is 2.79. The molecule has 3 rings (SSSR count). The van der Waals surface area contributed by atoms with Gasteiger partial charge in [-0.3, -0.25) is 4.79 Å². The highest BCUT2D eigenvalue weighted by Crippen LogP contribution is 2.13. The van der Waals surface area contributed by atoms with Gasteiger partial charge in [0.1, 0.15) is 0 Å². The first-order valence-electron chi connectivity index (χ1n) is 8.64. The molecule has 5 heteroatoms. The Hall–Kier alpha value is -2.59. The van der Waals surface area contributed by atoms with Gasteiger partial charge in [-0.1, -0.05) is 48.0 Å². The number of carbonyl (C=O) groups is 1. The molecule has 1 N–H and O–H groups in total. The summed E-state index contributed by atoms with van der Waals surface area (Å²) in [4.78, 5) is 21.4. The number of H-pyrrole nitrogens is 1. The largest absolute Gasteiger partial charge is 0.351 e. The first-order chi connectivity index (χ1) is 12.6. The number of likely N-dealkylation sites (N-methyl/N-ethyl adjacent to an activating group) is 1. The molecule has 1 amide bonds. The quantitative estimate of drug-likeness (QED) is 0.684. The highest BCUT2D eigenvalue weighted by Gasteiger charge is 2.10. The smallest absolute Gasteiger partial charge is 0.227 e. The first-order valence-corrected chi connectivity index (χ1v) is 9.02. The number of halogens is 1. The molecule has 4 nitrogen and oxygen atoms in total. The lowest BCUT2D eigenvalue weighted by atomic mass is 10.1. The molecular formula is C21H22ClN3O. The van der Waals surface area contributed by atoms with E-state index in [9.17, 15) is 4.79 Å². The summed E-state index contributed by atoms with van der Waals surface area (Å²) in [6, 6.07) is 15.8. The monoisotopic (exact) mass is 367 g/mol. The van der Waals surface area contributed by atoms with Gasteiger partial charge in [-0.05, 0) is 41.7 Å². The highest BCUT2D eigenvalue weighted by molar-refractivity contribution is 6.30. The number of amides is 1. The van der Waals surface area contributed by atoms with E-state index in [-0.39, 0.29) is 5.91 Å². The Morgan fingerprint density at radius 3 is 2.31 bits per heavy atom. The summed E-state index contributed by atoms with van der Waals surface area (Å²) in [5.74, 6) is 0.0925. The normalized spacial score (nSPS) is 10.7. The lowest BCUT2D eigenvalue weighted by molar-refractivity contribution is -0.129. The molecule has 2 aromatic carbocycles. The van der Waals surface area contributed by atoms with E-state index in [0.717, 1.165) is 29.7 Å². The second-order valence-corrected chi connectivity index (χ2v) is 6.87. The zero-order chi connectivity index (χ0) is 18.4. The Balaban J connectivity index is 1.51. The summed E-state index contributed by atoms with van der Waals surface area (Å²) < 4.78 is 0. The SMILES string of the molecule is CN(Cc1ccc(CCc2c[nH]cn2)cc1)C(=O)Cc1ccc(Cl)cc1. The van der Waals surface area contributed by atoms with Crippen molar-refractivity contribution >= 4 is 17.5 Å². The summed E-state index contributed by atoms with van der Waals surface area (Å²) in [5.41, 5.74) is 4.44. The van der Waals surface area contributed by atoms with Gasteiger partial charge in [0.15, 0.2) is 0 Å². The summed E-state index contributed by atoms with van der Waals surface area (Å²) in [6.45, 7) is 0.603. The molecule has 1 heterocycles. The van der Waals surface area contributed by atoms with Crippen LogP contribution in [0.15, 0.2) is 61.1 Å². The van der Waals surface area contributed by atoms with Crippen molar-refractivity contribution in [2.75, 3.05) is 7.05 Å². The number of hydrogen-bond donors (Lipinski definition) is 1. The Morgan fingerprint density at radius 2 is 1.65 bits per heavy atom. The van der Waals surface area contributed by atoms with Crippen molar-refractivity contribution in [1.29, 1.82) is 0 Å². The van der Waals surface area contributed by atoms with Gasteiger partial charge in [-0.2, -0.15) is 0 Å². The van der Waals surface area contributed by atoms with Crippen molar-refractivity contribution in [2.24, 2.45) is 0 Å². The maximum absolute atomic E-state index is 12.4. The molecule has 0 atom stereocenters. The summed E-state index contributed by atoms with van der Waals surface area (Å²) in [7, 11) is 1.84. The van der Waals surface area contributed by atoms with E-state index in [4.69, 9.17) is 11.6 Å². The third kappa shape index (κ3) is 5.20. The maximum Gasteiger partial charge on any atom is 0.227 e. The number of carbonyl (C=O) groups excluding carboxylic acids is 1. The number of hydrogen-bond acceptors (Lipinski definition) is 2. The number of aryl methyl sites for hydroxylation is 2. The maximum atomic E-state index is 12.4. The second-order valence-electron chi connectivity index (χ2n) is 6.43. The Morgan fingerprint density at radius 1 is 1.00 bits per heavy atom. The Labute approximate surface area is 158 Å². The van der Waals surface area contributed by atoms with E-state index in [1.165, 1.54) is 5.56 Å². The van der Waals surface area contributed by atoms with Crippen LogP contribution in [0.25, 0.3) is 0 Å². The van der Waals surface area contributed by atoms with Gasteiger partial charge in [0.25, 0.3) is 0 Å². The number of aromatic amines is 1. The van der Waals surface area contributed by atoms with Crippen LogP contribution in [0.3, 0.4) is 0 Å². The number of aromatic nitrogens is 2. The molecule has 0 radical (unpaired) electrons. The Bertz CT molecular complexity index is 827. The molecule has 0 unspecified atom stereocenters. The van der Waals surface area contributed by atoms with E-state index < -0.39 is 0 Å². The highest BCUT2D eigenvalue weighted by atomic mass is 35.5. The predicted molar refractivity (Wildman–Crippen MR) is 104 cm³/mol. The summed E-state index contributed by atoms with van der Waals surface area (Å²) in [6.07, 6.45) is 5.89. The van der Waals surface area contributed by atoms with Crippen LogP contribution in [0, 0.1) is 0 Å². The number of nitrogens with zero attached hydrogens (tertiary/aromatic N) is 2. The predicted octanol–water partition coefficient (Wildman–Crippen LogP) is 4.05. The zero-order valence-corrected chi connectivity index (χ0v) is 15.5. The van der Waals surface area contributed by atoms with Crippen molar-refractivity contribution in [3.05, 3.63) is 88.5 Å². The third-order valence-electron chi connectivity index (χ3n) is 4.36. The van der Waals surface area contributed by atoms with Crippen LogP contribution in [-0.4, -0.2) is 27.8 Å². The van der Waals surface area contributed by atoms with E-state index in [1.54, 1.807) is 11.2 Å². The third-order valence-corrected chi connectivity index (χ3v) is 4.61. The summed E-state index contributed by atoms with van der Waals surface area (Å²) >= 11 is 5.88. The van der Waals surface area contributed by atoms with Gasteiger partial charge in [-0.25, -0.2) is 4.98 Å². The molecule has 0 saturated heterocycles. The van der Waals surface area contributed by atoms with Crippen LogP contribution in [-0.2, 0) is 30.6 Å². The van der Waals surface area contributed by atoms with Crippen LogP contribution in [0.4, 0.5) is 0 Å². The molecule has 0 fully saturated rings.